The molecule has 3 heteroatoms. The fourth-order valence-electron chi connectivity index (χ4n) is 6.90. The summed E-state index contributed by atoms with van der Waals surface area (Å²) in [7, 11) is 0. The molecule has 1 aliphatic heterocycles. The third kappa shape index (κ3) is 5.97. The predicted octanol–water partition coefficient (Wildman–Crippen LogP) is 14.3. The summed E-state index contributed by atoms with van der Waals surface area (Å²) in [6, 6.07) is 67.8. The summed E-state index contributed by atoms with van der Waals surface area (Å²) in [4.78, 5) is 2.22. The summed E-state index contributed by atoms with van der Waals surface area (Å²) in [5, 5.41) is 0.663. The minimum Gasteiger partial charge on any atom is -0.453 e. The van der Waals surface area contributed by atoms with Gasteiger partial charge in [-0.25, -0.2) is 0 Å². The Labute approximate surface area is 303 Å². The zero-order chi connectivity index (χ0) is 34.1. The Bertz CT molecular complexity index is 2340. The molecule has 0 fully saturated rings. The fraction of sp³-hybridized carbons (Fsp3) is 0. The molecule has 0 radical (unpaired) electrons. The van der Waals surface area contributed by atoms with Crippen molar-refractivity contribution >= 4 is 28.7 Å². The van der Waals surface area contributed by atoms with Gasteiger partial charge in [0, 0.05) is 0 Å². The number of nitrogens with zero attached hydrogens (tertiary/aromatic N) is 1. The molecule has 0 saturated carbocycles. The Morgan fingerprint density at radius 2 is 0.588 bits per heavy atom. The van der Waals surface area contributed by atoms with Gasteiger partial charge in [-0.05, 0) is 92.0 Å². The second kappa shape index (κ2) is 13.2. The normalized spacial score (nSPS) is 11.7. The molecule has 0 saturated heterocycles. The number of halogens is 1. The van der Waals surface area contributed by atoms with Gasteiger partial charge in [-0.2, -0.15) is 0 Å². The highest BCUT2D eigenvalue weighted by atomic mass is 35.5. The number of rotatable bonds is 6. The maximum atomic E-state index is 7.15. The van der Waals surface area contributed by atoms with Crippen molar-refractivity contribution in [3.63, 3.8) is 0 Å². The molecule has 2 nitrogen and oxygen atoms in total. The average molecular weight is 674 g/mol. The molecule has 0 amide bonds. The standard InChI is InChI=1S/C48H32ClNO/c49-43-30-40(35-14-8-3-9-15-35)24-27-44(43)50-45-28-25-41(38-20-16-36(17-21-38)33-10-4-1-5-11-33)31-47(45)51-48-32-42(26-29-46(48)50)39-22-18-37(19-23-39)34-12-6-2-7-13-34/h1-32H. The first-order valence-corrected chi connectivity index (χ1v) is 17.5. The molecule has 0 N–H and O–H groups in total. The Kier molecular flexibility index (Phi) is 7.92. The lowest BCUT2D eigenvalue weighted by Gasteiger charge is -2.34. The lowest BCUT2D eigenvalue weighted by molar-refractivity contribution is 0.477. The van der Waals surface area contributed by atoms with Crippen LogP contribution in [-0.4, -0.2) is 0 Å². The van der Waals surface area contributed by atoms with E-state index in [0.717, 1.165) is 61.9 Å². The summed E-state index contributed by atoms with van der Waals surface area (Å²) in [5.41, 5.74) is 14.1. The SMILES string of the molecule is Clc1cc(-c2ccccc2)ccc1N1c2ccc(-c3ccc(-c4ccccc4)cc3)cc2Oc2cc(-c3ccc(-c4ccccc4)cc3)ccc21. The van der Waals surface area contributed by atoms with Crippen LogP contribution in [0.3, 0.4) is 0 Å². The summed E-state index contributed by atoms with van der Waals surface area (Å²) >= 11 is 7.15. The maximum Gasteiger partial charge on any atom is 0.152 e. The number of hydrogen-bond acceptors (Lipinski definition) is 2. The average Bonchev–Trinajstić information content (AvgIpc) is 3.21. The molecule has 9 rings (SSSR count). The summed E-state index contributed by atoms with van der Waals surface area (Å²) < 4.78 is 6.79. The van der Waals surface area contributed by atoms with Gasteiger partial charge in [-0.3, -0.25) is 0 Å². The molecule has 0 atom stereocenters. The molecule has 0 aromatic heterocycles. The molecular weight excluding hydrogens is 642 g/mol. The summed E-state index contributed by atoms with van der Waals surface area (Å²) in [6.45, 7) is 0. The molecule has 0 spiro atoms. The predicted molar refractivity (Wildman–Crippen MR) is 213 cm³/mol. The van der Waals surface area contributed by atoms with Crippen molar-refractivity contribution < 1.29 is 4.74 Å². The van der Waals surface area contributed by atoms with E-state index in [0.29, 0.717) is 5.02 Å². The molecule has 8 aromatic carbocycles. The Morgan fingerprint density at radius 1 is 0.294 bits per heavy atom. The maximum absolute atomic E-state index is 7.15. The van der Waals surface area contributed by atoms with Crippen LogP contribution in [0.15, 0.2) is 194 Å². The molecule has 8 aromatic rings. The van der Waals surface area contributed by atoms with Crippen LogP contribution >= 0.6 is 11.6 Å². The number of ether oxygens (including phenoxy) is 1. The molecule has 51 heavy (non-hydrogen) atoms. The van der Waals surface area contributed by atoms with Gasteiger partial charge < -0.3 is 9.64 Å². The van der Waals surface area contributed by atoms with Gasteiger partial charge in [-0.1, -0.05) is 169 Å². The van der Waals surface area contributed by atoms with E-state index >= 15 is 0 Å². The van der Waals surface area contributed by atoms with Gasteiger partial charge in [0.05, 0.1) is 22.1 Å². The van der Waals surface area contributed by atoms with Gasteiger partial charge in [0.15, 0.2) is 11.5 Å². The first-order valence-electron chi connectivity index (χ1n) is 17.1. The zero-order valence-electron chi connectivity index (χ0n) is 27.7. The van der Waals surface area contributed by atoms with Crippen LogP contribution in [-0.2, 0) is 0 Å². The highest BCUT2D eigenvalue weighted by Crippen LogP contribution is 2.53. The van der Waals surface area contributed by atoms with Gasteiger partial charge in [0.2, 0.25) is 0 Å². The highest BCUT2D eigenvalue weighted by molar-refractivity contribution is 6.34. The largest absolute Gasteiger partial charge is 0.453 e. The monoisotopic (exact) mass is 673 g/mol. The van der Waals surface area contributed by atoms with Crippen LogP contribution in [0.25, 0.3) is 55.6 Å². The molecule has 242 valence electrons. The highest BCUT2D eigenvalue weighted by Gasteiger charge is 2.28. The van der Waals surface area contributed by atoms with E-state index < -0.39 is 0 Å². The van der Waals surface area contributed by atoms with Gasteiger partial charge in [-0.15, -0.1) is 0 Å². The second-order valence-electron chi connectivity index (χ2n) is 12.7. The zero-order valence-corrected chi connectivity index (χ0v) is 28.5. The van der Waals surface area contributed by atoms with E-state index in [1.54, 1.807) is 0 Å². The van der Waals surface area contributed by atoms with Crippen LogP contribution in [0.2, 0.25) is 5.02 Å². The minimum atomic E-state index is 0.663. The van der Waals surface area contributed by atoms with Crippen molar-refractivity contribution in [2.45, 2.75) is 0 Å². The molecule has 1 aliphatic rings. The first-order chi connectivity index (χ1) is 25.2. The molecule has 0 bridgehead atoms. The second-order valence-corrected chi connectivity index (χ2v) is 13.1. The van der Waals surface area contributed by atoms with E-state index in [4.69, 9.17) is 16.3 Å². The number of benzene rings is 8. The molecule has 0 unspecified atom stereocenters. The summed E-state index contributed by atoms with van der Waals surface area (Å²) in [5.74, 6) is 1.54. The van der Waals surface area contributed by atoms with E-state index in [2.05, 4.69) is 163 Å². The van der Waals surface area contributed by atoms with Gasteiger partial charge >= 0.3 is 0 Å². The van der Waals surface area contributed by atoms with Crippen LogP contribution in [0, 0.1) is 0 Å². The van der Waals surface area contributed by atoms with E-state index in [1.165, 1.54) is 22.3 Å². The van der Waals surface area contributed by atoms with E-state index in [9.17, 15) is 0 Å². The van der Waals surface area contributed by atoms with Crippen molar-refractivity contribution in [2.24, 2.45) is 0 Å². The van der Waals surface area contributed by atoms with Gasteiger partial charge in [0.25, 0.3) is 0 Å². The lowest BCUT2D eigenvalue weighted by Crippen LogP contribution is -2.16. The summed E-state index contributed by atoms with van der Waals surface area (Å²) in [6.07, 6.45) is 0. The first kappa shape index (κ1) is 30.7. The van der Waals surface area contributed by atoms with Crippen LogP contribution in [0.5, 0.6) is 11.5 Å². The number of hydrogen-bond donors (Lipinski definition) is 0. The number of fused-ring (bicyclic) bond motifs is 2. The van der Waals surface area contributed by atoms with E-state index in [1.807, 2.05) is 36.4 Å². The topological polar surface area (TPSA) is 12.5 Å². The Hall–Kier alpha value is -6.35. The Balaban J connectivity index is 1.12. The van der Waals surface area contributed by atoms with Crippen molar-refractivity contribution in [3.05, 3.63) is 199 Å². The van der Waals surface area contributed by atoms with Crippen molar-refractivity contribution in [1.82, 2.24) is 0 Å². The smallest absolute Gasteiger partial charge is 0.152 e. The molecule has 0 aliphatic carbocycles. The van der Waals surface area contributed by atoms with E-state index in [-0.39, 0.29) is 0 Å². The van der Waals surface area contributed by atoms with Gasteiger partial charge in [0.1, 0.15) is 0 Å². The van der Waals surface area contributed by atoms with Crippen LogP contribution < -0.4 is 9.64 Å². The van der Waals surface area contributed by atoms with Crippen molar-refractivity contribution in [1.29, 1.82) is 0 Å². The minimum absolute atomic E-state index is 0.663. The van der Waals surface area contributed by atoms with Crippen LogP contribution in [0.4, 0.5) is 17.1 Å². The van der Waals surface area contributed by atoms with Crippen molar-refractivity contribution in [3.8, 4) is 67.1 Å². The fourth-order valence-corrected chi connectivity index (χ4v) is 7.16. The Morgan fingerprint density at radius 3 is 0.980 bits per heavy atom. The van der Waals surface area contributed by atoms with Crippen molar-refractivity contribution in [2.75, 3.05) is 4.90 Å². The molecule has 1 heterocycles. The number of anilines is 3. The van der Waals surface area contributed by atoms with Crippen LogP contribution in [0.1, 0.15) is 0 Å². The third-order valence-corrected chi connectivity index (χ3v) is 9.87. The quantitative estimate of drug-likeness (QED) is 0.174. The third-order valence-electron chi connectivity index (χ3n) is 9.57. The molecular formula is C48H32ClNO. The lowest BCUT2D eigenvalue weighted by atomic mass is 9.98.